The van der Waals surface area contributed by atoms with Crippen LogP contribution in [0.15, 0.2) is 18.2 Å². The SMILES string of the molecule is COc1ccc(OC)c(CC(C)CCO)c1. The van der Waals surface area contributed by atoms with Gasteiger partial charge in [0.1, 0.15) is 11.5 Å². The van der Waals surface area contributed by atoms with Gasteiger partial charge in [-0.25, -0.2) is 0 Å². The van der Waals surface area contributed by atoms with Crippen molar-refractivity contribution in [2.45, 2.75) is 19.8 Å². The Labute approximate surface area is 97.0 Å². The van der Waals surface area contributed by atoms with Crippen LogP contribution in [-0.4, -0.2) is 25.9 Å². The largest absolute Gasteiger partial charge is 0.497 e. The zero-order chi connectivity index (χ0) is 12.0. The van der Waals surface area contributed by atoms with Crippen LogP contribution in [0.25, 0.3) is 0 Å². The second-order valence-electron chi connectivity index (χ2n) is 4.00. The molecular weight excluding hydrogens is 204 g/mol. The summed E-state index contributed by atoms with van der Waals surface area (Å²) in [5, 5.41) is 8.89. The van der Waals surface area contributed by atoms with Crippen molar-refractivity contribution in [1.29, 1.82) is 0 Å². The van der Waals surface area contributed by atoms with Crippen LogP contribution >= 0.6 is 0 Å². The number of aliphatic hydroxyl groups excluding tert-OH is 1. The van der Waals surface area contributed by atoms with Gasteiger partial charge in [0.2, 0.25) is 0 Å². The van der Waals surface area contributed by atoms with E-state index in [2.05, 4.69) is 6.92 Å². The minimum Gasteiger partial charge on any atom is -0.497 e. The maximum atomic E-state index is 8.89. The van der Waals surface area contributed by atoms with Crippen LogP contribution in [0.1, 0.15) is 18.9 Å². The lowest BCUT2D eigenvalue weighted by molar-refractivity contribution is 0.261. The number of hydrogen-bond acceptors (Lipinski definition) is 3. The molecule has 3 nitrogen and oxygen atoms in total. The highest BCUT2D eigenvalue weighted by molar-refractivity contribution is 5.40. The lowest BCUT2D eigenvalue weighted by atomic mass is 9.97. The fraction of sp³-hybridized carbons (Fsp3) is 0.538. The van der Waals surface area contributed by atoms with Crippen LogP contribution in [0.3, 0.4) is 0 Å². The van der Waals surface area contributed by atoms with Crippen molar-refractivity contribution in [3.05, 3.63) is 23.8 Å². The lowest BCUT2D eigenvalue weighted by Gasteiger charge is -2.14. The third-order valence-electron chi connectivity index (χ3n) is 2.68. The molecule has 90 valence electrons. The van der Waals surface area contributed by atoms with E-state index in [1.54, 1.807) is 14.2 Å². The lowest BCUT2D eigenvalue weighted by Crippen LogP contribution is -2.04. The first kappa shape index (κ1) is 12.8. The van der Waals surface area contributed by atoms with Crippen LogP contribution in [0.4, 0.5) is 0 Å². The molecule has 16 heavy (non-hydrogen) atoms. The molecule has 0 saturated carbocycles. The predicted octanol–water partition coefficient (Wildman–Crippen LogP) is 2.26. The van der Waals surface area contributed by atoms with E-state index in [-0.39, 0.29) is 6.61 Å². The first-order valence-electron chi connectivity index (χ1n) is 5.53. The molecule has 0 spiro atoms. The average Bonchev–Trinajstić information content (AvgIpc) is 2.29. The molecule has 0 bridgehead atoms. The summed E-state index contributed by atoms with van der Waals surface area (Å²) >= 11 is 0. The molecule has 0 aliphatic carbocycles. The molecule has 0 fully saturated rings. The quantitative estimate of drug-likeness (QED) is 0.805. The number of hydrogen-bond donors (Lipinski definition) is 1. The van der Waals surface area contributed by atoms with E-state index in [9.17, 15) is 0 Å². The van der Waals surface area contributed by atoms with Gasteiger partial charge < -0.3 is 14.6 Å². The van der Waals surface area contributed by atoms with E-state index >= 15 is 0 Å². The van der Waals surface area contributed by atoms with Crippen molar-refractivity contribution in [2.24, 2.45) is 5.92 Å². The third-order valence-corrected chi connectivity index (χ3v) is 2.68. The average molecular weight is 224 g/mol. The number of aliphatic hydroxyl groups is 1. The summed E-state index contributed by atoms with van der Waals surface area (Å²) in [7, 11) is 3.32. The Kier molecular flexibility index (Phi) is 5.12. The third kappa shape index (κ3) is 3.42. The van der Waals surface area contributed by atoms with E-state index in [1.807, 2.05) is 18.2 Å². The highest BCUT2D eigenvalue weighted by atomic mass is 16.5. The molecule has 1 unspecified atom stereocenters. The summed E-state index contributed by atoms with van der Waals surface area (Å²) in [6.07, 6.45) is 1.70. The van der Waals surface area contributed by atoms with Crippen molar-refractivity contribution in [3.63, 3.8) is 0 Å². The summed E-state index contributed by atoms with van der Waals surface area (Å²) in [6, 6.07) is 5.80. The molecule has 0 saturated heterocycles. The van der Waals surface area contributed by atoms with E-state index in [0.29, 0.717) is 5.92 Å². The van der Waals surface area contributed by atoms with Gasteiger partial charge in [0, 0.05) is 6.61 Å². The minimum atomic E-state index is 0.230. The first-order chi connectivity index (χ1) is 7.71. The van der Waals surface area contributed by atoms with Gasteiger partial charge in [-0.3, -0.25) is 0 Å². The van der Waals surface area contributed by atoms with Crippen molar-refractivity contribution in [3.8, 4) is 11.5 Å². The Balaban J connectivity index is 2.82. The van der Waals surface area contributed by atoms with Crippen LogP contribution in [-0.2, 0) is 6.42 Å². The second kappa shape index (κ2) is 6.38. The molecule has 3 heteroatoms. The first-order valence-corrected chi connectivity index (χ1v) is 5.53. The van der Waals surface area contributed by atoms with E-state index in [4.69, 9.17) is 14.6 Å². The van der Waals surface area contributed by atoms with Gasteiger partial charge >= 0.3 is 0 Å². The van der Waals surface area contributed by atoms with Crippen LogP contribution in [0.2, 0.25) is 0 Å². The van der Waals surface area contributed by atoms with Crippen LogP contribution < -0.4 is 9.47 Å². The monoisotopic (exact) mass is 224 g/mol. The molecule has 1 aromatic rings. The summed E-state index contributed by atoms with van der Waals surface area (Å²) in [5.41, 5.74) is 1.13. The highest BCUT2D eigenvalue weighted by Gasteiger charge is 2.09. The normalized spacial score (nSPS) is 12.2. The van der Waals surface area contributed by atoms with Crippen molar-refractivity contribution >= 4 is 0 Å². The van der Waals surface area contributed by atoms with Gasteiger partial charge in [0.05, 0.1) is 14.2 Å². The highest BCUT2D eigenvalue weighted by Crippen LogP contribution is 2.26. The van der Waals surface area contributed by atoms with Gasteiger partial charge in [-0.05, 0) is 42.5 Å². The zero-order valence-electron chi connectivity index (χ0n) is 10.2. The standard InChI is InChI=1S/C13H20O3/c1-10(6-7-14)8-11-9-12(15-2)4-5-13(11)16-3/h4-5,9-10,14H,6-8H2,1-3H3. The van der Waals surface area contributed by atoms with Crippen LogP contribution in [0, 0.1) is 5.92 Å². The smallest absolute Gasteiger partial charge is 0.122 e. The number of benzene rings is 1. The number of rotatable bonds is 6. The fourth-order valence-electron chi connectivity index (χ4n) is 1.74. The number of ether oxygens (including phenoxy) is 2. The summed E-state index contributed by atoms with van der Waals surface area (Å²) < 4.78 is 10.5. The van der Waals surface area contributed by atoms with Gasteiger partial charge in [-0.1, -0.05) is 6.92 Å². The molecule has 0 aliphatic rings. The molecule has 0 radical (unpaired) electrons. The molecule has 0 aliphatic heterocycles. The molecule has 1 atom stereocenters. The maximum Gasteiger partial charge on any atom is 0.122 e. The summed E-state index contributed by atoms with van der Waals surface area (Å²) in [6.45, 7) is 2.35. The Hall–Kier alpha value is -1.22. The van der Waals surface area contributed by atoms with Gasteiger partial charge in [-0.15, -0.1) is 0 Å². The van der Waals surface area contributed by atoms with Crippen molar-refractivity contribution in [2.75, 3.05) is 20.8 Å². The van der Waals surface area contributed by atoms with Gasteiger partial charge in [0.25, 0.3) is 0 Å². The van der Waals surface area contributed by atoms with Gasteiger partial charge in [-0.2, -0.15) is 0 Å². The van der Waals surface area contributed by atoms with Gasteiger partial charge in [0.15, 0.2) is 0 Å². The molecule has 0 amide bonds. The van der Waals surface area contributed by atoms with Crippen LogP contribution in [0.5, 0.6) is 11.5 Å². The summed E-state index contributed by atoms with van der Waals surface area (Å²) in [4.78, 5) is 0. The van der Waals surface area contributed by atoms with E-state index in [0.717, 1.165) is 29.9 Å². The van der Waals surface area contributed by atoms with Crippen molar-refractivity contribution in [1.82, 2.24) is 0 Å². The number of methoxy groups -OCH3 is 2. The Morgan fingerprint density at radius 1 is 1.25 bits per heavy atom. The minimum absolute atomic E-state index is 0.230. The molecule has 0 heterocycles. The zero-order valence-corrected chi connectivity index (χ0v) is 10.2. The second-order valence-corrected chi connectivity index (χ2v) is 4.00. The molecule has 1 N–H and O–H groups in total. The van der Waals surface area contributed by atoms with E-state index < -0.39 is 0 Å². The molecule has 1 rings (SSSR count). The molecule has 0 aromatic heterocycles. The Bertz CT molecular complexity index is 323. The molecule has 1 aromatic carbocycles. The topological polar surface area (TPSA) is 38.7 Å². The van der Waals surface area contributed by atoms with Crippen molar-refractivity contribution < 1.29 is 14.6 Å². The van der Waals surface area contributed by atoms with E-state index in [1.165, 1.54) is 0 Å². The Morgan fingerprint density at radius 2 is 2.00 bits per heavy atom. The maximum absolute atomic E-state index is 8.89. The Morgan fingerprint density at radius 3 is 2.56 bits per heavy atom. The molecular formula is C13H20O3. The summed E-state index contributed by atoms with van der Waals surface area (Å²) in [5.74, 6) is 2.16. The predicted molar refractivity (Wildman–Crippen MR) is 64.1 cm³/mol. The fourth-order valence-corrected chi connectivity index (χ4v) is 1.74.